The Bertz CT molecular complexity index is 1080. The maximum atomic E-state index is 12.2. The molecule has 0 aliphatic heterocycles. The molecule has 0 aromatic carbocycles. The van der Waals surface area contributed by atoms with Gasteiger partial charge in [-0.15, -0.1) is 26.3 Å². The molecule has 0 aliphatic carbocycles. The molecule has 0 aromatic rings. The first-order valence-corrected chi connectivity index (χ1v) is 20.3. The van der Waals surface area contributed by atoms with Crippen LogP contribution in [0.2, 0.25) is 0 Å². The third kappa shape index (κ3) is 39.5. The molecule has 0 rings (SSSR count). The molecule has 0 saturated heterocycles. The summed E-state index contributed by atoms with van der Waals surface area (Å²) in [6.45, 7) is 28.9. The summed E-state index contributed by atoms with van der Waals surface area (Å²) in [7, 11) is 0. The van der Waals surface area contributed by atoms with E-state index in [1.54, 1.807) is 19.9 Å². The van der Waals surface area contributed by atoms with Crippen molar-refractivity contribution in [2.45, 2.75) is 183 Å². The molecule has 4 atom stereocenters. The molecule has 0 aliphatic rings. The molecular weight excluding hydrogens is 720 g/mol. The summed E-state index contributed by atoms with van der Waals surface area (Å²) in [5.74, 6) is -2.44. The zero-order valence-corrected chi connectivity index (χ0v) is 36.1. The Morgan fingerprint density at radius 3 is 1.00 bits per heavy atom. The predicted octanol–water partition coefficient (Wildman–Crippen LogP) is 9.82. The SMILES string of the molecule is C=C.C=CCC.C=CCC(=O)OC(CCC)CC(=O)OC(CCC)CC(=O)OCC.CC/C=C/CC(=O)OC(CCC)CC(=O)OC(CCC)CC(=O)OCC. The first-order chi connectivity index (χ1) is 26.8. The quantitative estimate of drug-likeness (QED) is 0.0420. The highest BCUT2D eigenvalue weighted by atomic mass is 16.6. The molecule has 0 aromatic heterocycles. The normalized spacial score (nSPS) is 12.1. The van der Waals surface area contributed by atoms with Gasteiger partial charge in [-0.05, 0) is 52.4 Å². The Labute approximate surface area is 338 Å². The van der Waals surface area contributed by atoms with Crippen molar-refractivity contribution in [3.05, 3.63) is 50.6 Å². The van der Waals surface area contributed by atoms with E-state index in [1.807, 2.05) is 46.8 Å². The Hall–Kier alpha value is -4.22. The minimum atomic E-state index is -0.514. The van der Waals surface area contributed by atoms with Crippen molar-refractivity contribution >= 4 is 35.8 Å². The van der Waals surface area contributed by atoms with Gasteiger partial charge < -0.3 is 28.4 Å². The number of hydrogen-bond donors (Lipinski definition) is 0. The minimum absolute atomic E-state index is 0.000111. The molecule has 0 radical (unpaired) electrons. The lowest BCUT2D eigenvalue weighted by molar-refractivity contribution is -0.162. The van der Waals surface area contributed by atoms with Crippen LogP contribution in [0, 0.1) is 0 Å². The molecule has 12 heteroatoms. The van der Waals surface area contributed by atoms with Crippen LogP contribution >= 0.6 is 0 Å². The Morgan fingerprint density at radius 1 is 0.429 bits per heavy atom. The number of esters is 6. The van der Waals surface area contributed by atoms with Crippen LogP contribution in [0.15, 0.2) is 50.6 Å². The summed E-state index contributed by atoms with van der Waals surface area (Å²) in [5, 5.41) is 0. The Balaban J connectivity index is -0.000000423. The van der Waals surface area contributed by atoms with Gasteiger partial charge in [0.05, 0.1) is 51.7 Å². The zero-order valence-electron chi connectivity index (χ0n) is 36.1. The molecule has 0 amide bonds. The zero-order chi connectivity index (χ0) is 43.6. The maximum absolute atomic E-state index is 12.2. The molecule has 56 heavy (non-hydrogen) atoms. The van der Waals surface area contributed by atoms with Crippen molar-refractivity contribution in [1.29, 1.82) is 0 Å². The van der Waals surface area contributed by atoms with Gasteiger partial charge in [0, 0.05) is 0 Å². The highest BCUT2D eigenvalue weighted by Gasteiger charge is 2.24. The Morgan fingerprint density at radius 2 is 0.732 bits per heavy atom. The third-order valence-electron chi connectivity index (χ3n) is 7.11. The van der Waals surface area contributed by atoms with Gasteiger partial charge in [0.1, 0.15) is 24.4 Å². The molecular formula is C44H76O12. The van der Waals surface area contributed by atoms with E-state index in [0.29, 0.717) is 38.9 Å². The third-order valence-corrected chi connectivity index (χ3v) is 7.11. The monoisotopic (exact) mass is 797 g/mol. The van der Waals surface area contributed by atoms with Gasteiger partial charge in [0.25, 0.3) is 0 Å². The van der Waals surface area contributed by atoms with E-state index < -0.39 is 42.3 Å². The lowest BCUT2D eigenvalue weighted by Gasteiger charge is -2.20. The Kier molecular flexibility index (Phi) is 45.4. The fourth-order valence-electron chi connectivity index (χ4n) is 4.68. The van der Waals surface area contributed by atoms with Gasteiger partial charge in [0.15, 0.2) is 0 Å². The van der Waals surface area contributed by atoms with Crippen LogP contribution in [-0.2, 0) is 57.2 Å². The van der Waals surface area contributed by atoms with Gasteiger partial charge in [-0.25, -0.2) is 0 Å². The minimum Gasteiger partial charge on any atom is -0.466 e. The average Bonchev–Trinajstić information content (AvgIpc) is 3.13. The average molecular weight is 797 g/mol. The number of carbonyl (C=O) groups is 6. The second-order valence-corrected chi connectivity index (χ2v) is 12.3. The molecule has 0 heterocycles. The van der Waals surface area contributed by atoms with Crippen LogP contribution in [0.25, 0.3) is 0 Å². The van der Waals surface area contributed by atoms with Gasteiger partial charge in [0.2, 0.25) is 0 Å². The fourth-order valence-corrected chi connectivity index (χ4v) is 4.68. The van der Waals surface area contributed by atoms with E-state index in [0.717, 1.165) is 38.5 Å². The largest absolute Gasteiger partial charge is 0.466 e. The summed E-state index contributed by atoms with van der Waals surface area (Å²) >= 11 is 0. The number of allylic oxidation sites excluding steroid dienone is 2. The van der Waals surface area contributed by atoms with Crippen LogP contribution in [0.1, 0.15) is 158 Å². The fraction of sp³-hybridized carbons (Fsp3) is 0.682. The van der Waals surface area contributed by atoms with E-state index in [-0.39, 0.29) is 56.4 Å². The smallest absolute Gasteiger partial charge is 0.309 e. The van der Waals surface area contributed by atoms with Gasteiger partial charge in [-0.2, -0.15) is 0 Å². The summed E-state index contributed by atoms with van der Waals surface area (Å²) in [6, 6.07) is 0. The molecule has 4 unspecified atom stereocenters. The van der Waals surface area contributed by atoms with Crippen LogP contribution < -0.4 is 0 Å². The van der Waals surface area contributed by atoms with E-state index >= 15 is 0 Å². The van der Waals surface area contributed by atoms with E-state index in [2.05, 4.69) is 33.2 Å². The highest BCUT2D eigenvalue weighted by molar-refractivity contribution is 5.75. The van der Waals surface area contributed by atoms with Crippen LogP contribution in [0.3, 0.4) is 0 Å². The summed E-state index contributed by atoms with van der Waals surface area (Å²) in [6.07, 6.45) is 12.8. The molecule has 0 saturated carbocycles. The summed E-state index contributed by atoms with van der Waals surface area (Å²) in [4.78, 5) is 70.9. The number of hydrogen-bond acceptors (Lipinski definition) is 12. The summed E-state index contributed by atoms with van der Waals surface area (Å²) in [5.41, 5.74) is 0. The van der Waals surface area contributed by atoms with Crippen molar-refractivity contribution < 1.29 is 57.2 Å². The molecule has 324 valence electrons. The van der Waals surface area contributed by atoms with E-state index in [9.17, 15) is 28.8 Å². The molecule has 0 spiro atoms. The van der Waals surface area contributed by atoms with Crippen molar-refractivity contribution in [2.24, 2.45) is 0 Å². The molecule has 0 N–H and O–H groups in total. The standard InChI is InChI=1S/C20H34O6.C18H30O6.C4H8.C2H4/c1-5-9-10-13-18(21)25-17(12-7-3)15-20(23)26-16(11-6-2)14-19(22)24-8-4;1-5-9-14(12-17(20)22-8-4)24-18(21)13-15(10-6-2)23-16(19)11-7-3;1-3-4-2;1-2/h9-10,16-17H,5-8,11-15H2,1-4H3;7,14-15H,3,5-6,8-13H2,1-2,4H3;3H,1,4H2,2H3;1-2H2/b10-9+;;;. The topological polar surface area (TPSA) is 158 Å². The number of rotatable bonds is 28. The number of ether oxygens (including phenoxy) is 6. The van der Waals surface area contributed by atoms with Crippen LogP contribution in [-0.4, -0.2) is 73.4 Å². The van der Waals surface area contributed by atoms with E-state index in [1.165, 1.54) is 6.08 Å². The van der Waals surface area contributed by atoms with Gasteiger partial charge in [-0.3, -0.25) is 28.8 Å². The summed E-state index contributed by atoms with van der Waals surface area (Å²) < 4.78 is 31.2. The molecule has 12 nitrogen and oxygen atoms in total. The van der Waals surface area contributed by atoms with Crippen LogP contribution in [0.5, 0.6) is 0 Å². The molecule has 0 bridgehead atoms. The van der Waals surface area contributed by atoms with Crippen LogP contribution in [0.4, 0.5) is 0 Å². The van der Waals surface area contributed by atoms with Gasteiger partial charge in [-0.1, -0.05) is 91.5 Å². The lowest BCUT2D eigenvalue weighted by Crippen LogP contribution is -2.27. The predicted molar refractivity (Wildman–Crippen MR) is 221 cm³/mol. The van der Waals surface area contributed by atoms with E-state index in [4.69, 9.17) is 28.4 Å². The number of carbonyl (C=O) groups excluding carboxylic acids is 6. The second-order valence-electron chi connectivity index (χ2n) is 12.3. The highest BCUT2D eigenvalue weighted by Crippen LogP contribution is 2.16. The molecule has 0 fully saturated rings. The lowest BCUT2D eigenvalue weighted by atomic mass is 10.1. The van der Waals surface area contributed by atoms with Crippen molar-refractivity contribution in [3.63, 3.8) is 0 Å². The van der Waals surface area contributed by atoms with Gasteiger partial charge >= 0.3 is 35.8 Å². The van der Waals surface area contributed by atoms with Crippen molar-refractivity contribution in [1.82, 2.24) is 0 Å². The maximum Gasteiger partial charge on any atom is 0.309 e. The first kappa shape index (κ1) is 58.5. The van der Waals surface area contributed by atoms with Crippen molar-refractivity contribution in [2.75, 3.05) is 13.2 Å². The van der Waals surface area contributed by atoms with Crippen molar-refractivity contribution in [3.8, 4) is 0 Å². The second kappa shape index (κ2) is 43.5. The first-order valence-electron chi connectivity index (χ1n) is 20.3.